The molecule has 1 saturated heterocycles. The highest BCUT2D eigenvalue weighted by Gasteiger charge is 2.18. The first-order valence-electron chi connectivity index (χ1n) is 5.79. The van der Waals surface area contributed by atoms with Crippen LogP contribution in [0.3, 0.4) is 0 Å². The monoisotopic (exact) mass is 223 g/mol. The summed E-state index contributed by atoms with van der Waals surface area (Å²) in [5.74, 6) is 0.221. The van der Waals surface area contributed by atoms with Gasteiger partial charge < -0.3 is 10.1 Å². The van der Waals surface area contributed by atoms with Crippen molar-refractivity contribution in [3.8, 4) is 0 Å². The SMILES string of the molecule is COCc1ccc(F)c(C2CCCNC2)c1. The topological polar surface area (TPSA) is 21.3 Å². The van der Waals surface area contributed by atoms with Crippen LogP contribution in [0.1, 0.15) is 29.9 Å². The lowest BCUT2D eigenvalue weighted by molar-refractivity contribution is 0.184. The van der Waals surface area contributed by atoms with Gasteiger partial charge in [-0.15, -0.1) is 0 Å². The van der Waals surface area contributed by atoms with Gasteiger partial charge in [0, 0.05) is 13.7 Å². The molecule has 0 aliphatic carbocycles. The maximum absolute atomic E-state index is 13.7. The van der Waals surface area contributed by atoms with Gasteiger partial charge in [0.25, 0.3) is 0 Å². The van der Waals surface area contributed by atoms with E-state index in [1.165, 1.54) is 0 Å². The van der Waals surface area contributed by atoms with Crippen molar-refractivity contribution >= 4 is 0 Å². The summed E-state index contributed by atoms with van der Waals surface area (Å²) in [5.41, 5.74) is 1.88. The van der Waals surface area contributed by atoms with Gasteiger partial charge >= 0.3 is 0 Å². The summed E-state index contributed by atoms with van der Waals surface area (Å²) >= 11 is 0. The standard InChI is InChI=1S/C13H18FNO/c1-16-9-10-4-5-13(14)12(7-10)11-3-2-6-15-8-11/h4-5,7,11,15H,2-3,6,8-9H2,1H3. The molecule has 1 heterocycles. The Morgan fingerprint density at radius 2 is 2.38 bits per heavy atom. The third-order valence-electron chi connectivity index (χ3n) is 3.11. The molecule has 0 bridgehead atoms. The smallest absolute Gasteiger partial charge is 0.126 e. The molecule has 88 valence electrons. The molecule has 16 heavy (non-hydrogen) atoms. The maximum Gasteiger partial charge on any atom is 0.126 e. The zero-order chi connectivity index (χ0) is 11.4. The van der Waals surface area contributed by atoms with Crippen LogP contribution in [0.5, 0.6) is 0 Å². The summed E-state index contributed by atoms with van der Waals surface area (Å²) in [4.78, 5) is 0. The lowest BCUT2D eigenvalue weighted by Gasteiger charge is -2.23. The van der Waals surface area contributed by atoms with Crippen LogP contribution in [0.2, 0.25) is 0 Å². The fraction of sp³-hybridized carbons (Fsp3) is 0.538. The summed E-state index contributed by atoms with van der Waals surface area (Å²) in [6.45, 7) is 2.48. The van der Waals surface area contributed by atoms with E-state index in [2.05, 4.69) is 5.32 Å². The van der Waals surface area contributed by atoms with Gasteiger partial charge in [-0.25, -0.2) is 4.39 Å². The van der Waals surface area contributed by atoms with Gasteiger partial charge in [-0.3, -0.25) is 0 Å². The second kappa shape index (κ2) is 5.41. The molecule has 1 N–H and O–H groups in total. The first-order chi connectivity index (χ1) is 7.81. The average molecular weight is 223 g/mol. The number of ether oxygens (including phenoxy) is 1. The van der Waals surface area contributed by atoms with Gasteiger partial charge in [0.15, 0.2) is 0 Å². The van der Waals surface area contributed by atoms with Crippen LogP contribution in [-0.2, 0) is 11.3 Å². The Labute approximate surface area is 95.8 Å². The van der Waals surface area contributed by atoms with Crippen molar-refractivity contribution in [3.63, 3.8) is 0 Å². The molecule has 0 aromatic heterocycles. The van der Waals surface area contributed by atoms with Crippen LogP contribution < -0.4 is 5.32 Å². The number of benzene rings is 1. The molecule has 2 nitrogen and oxygen atoms in total. The molecular weight excluding hydrogens is 205 g/mol. The van der Waals surface area contributed by atoms with E-state index >= 15 is 0 Å². The molecule has 1 aromatic rings. The number of hydrogen-bond acceptors (Lipinski definition) is 2. The van der Waals surface area contributed by atoms with Crippen molar-refractivity contribution < 1.29 is 9.13 Å². The molecule has 1 aliphatic rings. The van der Waals surface area contributed by atoms with Crippen molar-refractivity contribution in [2.45, 2.75) is 25.4 Å². The summed E-state index contributed by atoms with van der Waals surface area (Å²) in [6, 6.07) is 5.29. The fourth-order valence-electron chi connectivity index (χ4n) is 2.28. The molecule has 0 spiro atoms. The van der Waals surface area contributed by atoms with E-state index in [9.17, 15) is 4.39 Å². The molecule has 1 aromatic carbocycles. The Bertz CT molecular complexity index is 348. The second-order valence-electron chi connectivity index (χ2n) is 4.33. The molecule has 0 amide bonds. The van der Waals surface area contributed by atoms with Crippen LogP contribution in [-0.4, -0.2) is 20.2 Å². The van der Waals surface area contributed by atoms with E-state index in [-0.39, 0.29) is 5.82 Å². The van der Waals surface area contributed by atoms with E-state index in [0.717, 1.165) is 37.1 Å². The Hall–Kier alpha value is -0.930. The van der Waals surface area contributed by atoms with Crippen LogP contribution in [0.25, 0.3) is 0 Å². The van der Waals surface area contributed by atoms with Crippen LogP contribution >= 0.6 is 0 Å². The zero-order valence-electron chi connectivity index (χ0n) is 9.63. The first kappa shape index (κ1) is 11.6. The number of hydrogen-bond donors (Lipinski definition) is 1. The molecule has 0 radical (unpaired) electrons. The van der Waals surface area contributed by atoms with Crippen molar-refractivity contribution in [2.75, 3.05) is 20.2 Å². The highest BCUT2D eigenvalue weighted by atomic mass is 19.1. The Kier molecular flexibility index (Phi) is 3.91. The van der Waals surface area contributed by atoms with E-state index in [1.807, 2.05) is 6.07 Å². The fourth-order valence-corrected chi connectivity index (χ4v) is 2.28. The second-order valence-corrected chi connectivity index (χ2v) is 4.33. The molecule has 0 saturated carbocycles. The maximum atomic E-state index is 13.7. The quantitative estimate of drug-likeness (QED) is 0.849. The van der Waals surface area contributed by atoms with Gasteiger partial charge in [-0.2, -0.15) is 0 Å². The van der Waals surface area contributed by atoms with Crippen LogP contribution in [0, 0.1) is 5.82 Å². The van der Waals surface area contributed by atoms with Crippen molar-refractivity contribution in [1.29, 1.82) is 0 Å². The van der Waals surface area contributed by atoms with Crippen molar-refractivity contribution in [2.24, 2.45) is 0 Å². The van der Waals surface area contributed by atoms with Gasteiger partial charge in [0.2, 0.25) is 0 Å². The molecule has 1 aliphatic heterocycles. The zero-order valence-corrected chi connectivity index (χ0v) is 9.63. The summed E-state index contributed by atoms with van der Waals surface area (Å²) in [7, 11) is 1.66. The van der Waals surface area contributed by atoms with E-state index in [0.29, 0.717) is 12.5 Å². The highest BCUT2D eigenvalue weighted by molar-refractivity contribution is 5.28. The lowest BCUT2D eigenvalue weighted by Crippen LogP contribution is -2.28. The van der Waals surface area contributed by atoms with Gasteiger partial charge in [0.1, 0.15) is 5.82 Å². The van der Waals surface area contributed by atoms with E-state index < -0.39 is 0 Å². The predicted octanol–water partition coefficient (Wildman–Crippen LogP) is 2.44. The molecular formula is C13H18FNO. The minimum atomic E-state index is -0.0893. The minimum absolute atomic E-state index is 0.0893. The highest BCUT2D eigenvalue weighted by Crippen LogP contribution is 2.26. The number of rotatable bonds is 3. The Morgan fingerprint density at radius 1 is 1.50 bits per heavy atom. The third-order valence-corrected chi connectivity index (χ3v) is 3.11. The Balaban J connectivity index is 2.19. The predicted molar refractivity (Wildman–Crippen MR) is 62.0 cm³/mol. The molecule has 1 unspecified atom stereocenters. The first-order valence-corrected chi connectivity index (χ1v) is 5.79. The van der Waals surface area contributed by atoms with Crippen molar-refractivity contribution in [1.82, 2.24) is 5.32 Å². The van der Waals surface area contributed by atoms with Gasteiger partial charge in [0.05, 0.1) is 6.61 Å². The normalized spacial score (nSPS) is 21.0. The van der Waals surface area contributed by atoms with E-state index in [4.69, 9.17) is 4.74 Å². The third kappa shape index (κ3) is 2.60. The summed E-state index contributed by atoms with van der Waals surface area (Å²) in [6.07, 6.45) is 2.19. The molecule has 1 fully saturated rings. The largest absolute Gasteiger partial charge is 0.380 e. The number of halogens is 1. The van der Waals surface area contributed by atoms with Crippen LogP contribution in [0.4, 0.5) is 4.39 Å². The summed E-state index contributed by atoms with van der Waals surface area (Å²) < 4.78 is 18.8. The minimum Gasteiger partial charge on any atom is -0.380 e. The van der Waals surface area contributed by atoms with Gasteiger partial charge in [-0.1, -0.05) is 12.1 Å². The van der Waals surface area contributed by atoms with Gasteiger partial charge in [-0.05, 0) is 42.5 Å². The lowest BCUT2D eigenvalue weighted by atomic mass is 9.90. The summed E-state index contributed by atoms with van der Waals surface area (Å²) in [5, 5.41) is 3.31. The Morgan fingerprint density at radius 3 is 3.06 bits per heavy atom. The molecule has 2 rings (SSSR count). The number of methoxy groups -OCH3 is 1. The number of nitrogens with one attached hydrogen (secondary N) is 1. The van der Waals surface area contributed by atoms with E-state index in [1.54, 1.807) is 19.2 Å². The number of piperidine rings is 1. The average Bonchev–Trinajstić information content (AvgIpc) is 2.33. The van der Waals surface area contributed by atoms with Crippen molar-refractivity contribution in [3.05, 3.63) is 35.1 Å². The molecule has 3 heteroatoms. The molecule has 1 atom stereocenters. The van der Waals surface area contributed by atoms with Crippen LogP contribution in [0.15, 0.2) is 18.2 Å².